The van der Waals surface area contributed by atoms with Crippen molar-refractivity contribution in [3.63, 3.8) is 0 Å². The molecule has 0 radical (unpaired) electrons. The van der Waals surface area contributed by atoms with Crippen LogP contribution in [0.4, 0.5) is 0 Å². The number of nitrogens with zero attached hydrogens (tertiary/aromatic N) is 2. The second kappa shape index (κ2) is 8.41. The zero-order valence-corrected chi connectivity index (χ0v) is 19.6. The summed E-state index contributed by atoms with van der Waals surface area (Å²) in [6, 6.07) is 0. The van der Waals surface area contributed by atoms with Crippen LogP contribution in [0.1, 0.15) is 0 Å². The van der Waals surface area contributed by atoms with Crippen LogP contribution < -0.4 is 0 Å². The zero-order valence-electron chi connectivity index (χ0n) is 15.6. The fraction of sp³-hybridized carbons (Fsp3) is 1.00. The quantitative estimate of drug-likeness (QED) is 0.594. The molecule has 0 unspecified atom stereocenters. The molecule has 0 aromatic heterocycles. The first-order chi connectivity index (χ1) is 7.41. The van der Waals surface area contributed by atoms with Crippen molar-refractivity contribution >= 4 is 43.1 Å². The Morgan fingerprint density at radius 3 is 0.474 bits per heavy atom. The maximum Gasteiger partial charge on any atom is 2.00 e. The molecule has 0 aromatic rings. The van der Waals surface area contributed by atoms with Crippen molar-refractivity contribution in [3.05, 3.63) is 9.30 Å². The Morgan fingerprint density at radius 2 is 0.474 bits per heavy atom. The van der Waals surface area contributed by atoms with Gasteiger partial charge in [-0.05, 0) is 0 Å². The monoisotopic (exact) mass is 329 g/mol. The molecule has 0 heterocycles. The first kappa shape index (κ1) is 24.9. The molecule has 19 heavy (non-hydrogen) atoms. The van der Waals surface area contributed by atoms with Crippen LogP contribution in [0.2, 0.25) is 78.6 Å². The maximum atomic E-state index is 4.82. The molecule has 2 nitrogen and oxygen atoms in total. The Kier molecular flexibility index (Phi) is 11.0. The Bertz CT molecular complexity index is 184. The smallest absolute Gasteiger partial charge is 0.668 e. The Balaban J connectivity index is -0.000000256. The minimum atomic E-state index is -1.11. The van der Waals surface area contributed by atoms with Crippen molar-refractivity contribution in [3.8, 4) is 0 Å². The van der Waals surface area contributed by atoms with Crippen LogP contribution in [0.25, 0.3) is 9.30 Å². The van der Waals surface area contributed by atoms with E-state index < -0.39 is 32.9 Å². The van der Waals surface area contributed by atoms with Gasteiger partial charge in [-0.25, -0.2) is 0 Å². The van der Waals surface area contributed by atoms with Gasteiger partial charge in [-0.2, -0.15) is 0 Å². The summed E-state index contributed by atoms with van der Waals surface area (Å²) in [4.78, 5) is 0. The molecule has 0 N–H and O–H groups in total. The van der Waals surface area contributed by atoms with Crippen LogP contribution in [-0.2, 0) is 0 Å². The van der Waals surface area contributed by atoms with Crippen molar-refractivity contribution in [2.24, 2.45) is 0 Å². The molecule has 0 fully saturated rings. The van der Waals surface area contributed by atoms with Gasteiger partial charge in [0.15, 0.2) is 0 Å². The van der Waals surface area contributed by atoms with E-state index in [-0.39, 0.29) is 10.1 Å². The van der Waals surface area contributed by atoms with E-state index in [4.69, 9.17) is 9.30 Å². The van der Waals surface area contributed by atoms with Crippen molar-refractivity contribution in [1.29, 1.82) is 0 Å². The Morgan fingerprint density at radius 1 is 0.368 bits per heavy atom. The third-order valence-corrected chi connectivity index (χ3v) is 12.1. The molecule has 0 bridgehead atoms. The summed E-state index contributed by atoms with van der Waals surface area (Å²) in [6.07, 6.45) is 0. The molecule has 112 valence electrons. The van der Waals surface area contributed by atoms with E-state index in [1.54, 1.807) is 0 Å². The molecule has 0 saturated heterocycles. The molecular weight excluding hydrogens is 294 g/mol. The molecule has 0 amide bonds. The van der Waals surface area contributed by atoms with E-state index in [2.05, 4.69) is 78.6 Å². The molecular formula is C12H36BeN2Si4. The summed E-state index contributed by atoms with van der Waals surface area (Å²) in [5, 5.41) is 0. The van der Waals surface area contributed by atoms with Gasteiger partial charge >= 0.3 is 10.1 Å². The van der Waals surface area contributed by atoms with Crippen molar-refractivity contribution in [2.75, 3.05) is 0 Å². The van der Waals surface area contributed by atoms with Crippen molar-refractivity contribution in [2.45, 2.75) is 78.6 Å². The van der Waals surface area contributed by atoms with Gasteiger partial charge < -0.3 is 9.30 Å². The van der Waals surface area contributed by atoms with Gasteiger partial charge in [0.1, 0.15) is 0 Å². The van der Waals surface area contributed by atoms with E-state index in [1.165, 1.54) is 0 Å². The topological polar surface area (TPSA) is 28.2 Å². The minimum absolute atomic E-state index is 0. The number of hydrogen-bond donors (Lipinski definition) is 0. The molecule has 0 rings (SSSR count). The summed E-state index contributed by atoms with van der Waals surface area (Å²) in [7, 11) is -4.42. The SMILES string of the molecule is C[Si](C)(C)[N-][Si](C)(C)C.C[Si](C)(C)[N-][Si](C)(C)C.[Be+2]. The third-order valence-electron chi connectivity index (χ3n) is 1.34. The molecule has 0 atom stereocenters. The fourth-order valence-corrected chi connectivity index (χ4v) is 18.1. The second-order valence-corrected chi connectivity index (χ2v) is 28.1. The predicted octanol–water partition coefficient (Wildman–Crippen LogP) is 5.68. The third kappa shape index (κ3) is 32.5. The molecule has 7 heteroatoms. The standard InChI is InChI=1S/2C6H18NSi2.Be/c2*1-8(2,3)7-9(4,5)6;/h2*1-6H3;/q2*-1;+2. The van der Waals surface area contributed by atoms with Gasteiger partial charge in [0.05, 0.1) is 0 Å². The number of rotatable bonds is 4. The molecule has 0 aromatic carbocycles. The normalized spacial score (nSPS) is 13.3. The van der Waals surface area contributed by atoms with Crippen LogP contribution in [0.5, 0.6) is 0 Å². The van der Waals surface area contributed by atoms with Gasteiger partial charge in [-0.3, -0.25) is 0 Å². The van der Waals surface area contributed by atoms with Crippen LogP contribution in [0, 0.1) is 0 Å². The maximum absolute atomic E-state index is 4.82. The van der Waals surface area contributed by atoms with Crippen LogP contribution in [-0.4, -0.2) is 43.1 Å². The zero-order chi connectivity index (χ0) is 15.4. The van der Waals surface area contributed by atoms with Gasteiger partial charge in [0.2, 0.25) is 0 Å². The summed E-state index contributed by atoms with van der Waals surface area (Å²) in [5.41, 5.74) is 0. The number of hydrogen-bond acceptors (Lipinski definition) is 0. The van der Waals surface area contributed by atoms with E-state index in [0.717, 1.165) is 0 Å². The molecule has 0 aliphatic heterocycles. The Labute approximate surface area is 131 Å². The first-order valence-electron chi connectivity index (χ1n) is 6.89. The Hall–Kier alpha value is 0.956. The van der Waals surface area contributed by atoms with Crippen LogP contribution in [0.15, 0.2) is 0 Å². The molecule has 0 aliphatic carbocycles. The van der Waals surface area contributed by atoms with E-state index in [1.807, 2.05) is 0 Å². The van der Waals surface area contributed by atoms with Gasteiger partial charge in [0.25, 0.3) is 0 Å². The average molecular weight is 330 g/mol. The molecule has 0 spiro atoms. The molecule has 0 saturated carbocycles. The van der Waals surface area contributed by atoms with Crippen LogP contribution in [0.3, 0.4) is 0 Å². The average Bonchev–Trinajstić information content (AvgIpc) is 1.64. The second-order valence-electron chi connectivity index (χ2n) is 8.91. The van der Waals surface area contributed by atoms with E-state index in [0.29, 0.717) is 0 Å². The fourth-order valence-electron chi connectivity index (χ4n) is 2.01. The summed E-state index contributed by atoms with van der Waals surface area (Å²) in [5.74, 6) is 0. The van der Waals surface area contributed by atoms with Crippen LogP contribution >= 0.6 is 0 Å². The summed E-state index contributed by atoms with van der Waals surface area (Å²) >= 11 is 0. The van der Waals surface area contributed by atoms with Crippen molar-refractivity contribution < 1.29 is 0 Å². The minimum Gasteiger partial charge on any atom is -0.668 e. The summed E-state index contributed by atoms with van der Waals surface area (Å²) < 4.78 is 9.64. The van der Waals surface area contributed by atoms with E-state index >= 15 is 0 Å². The van der Waals surface area contributed by atoms with Gasteiger partial charge in [-0.15, -0.1) is 0 Å². The first-order valence-corrected chi connectivity index (χ1v) is 20.7. The van der Waals surface area contributed by atoms with Gasteiger partial charge in [0, 0.05) is 0 Å². The summed E-state index contributed by atoms with van der Waals surface area (Å²) in [6.45, 7) is 27.6. The predicted molar refractivity (Wildman–Crippen MR) is 106 cm³/mol. The van der Waals surface area contributed by atoms with E-state index in [9.17, 15) is 0 Å². The van der Waals surface area contributed by atoms with Crippen molar-refractivity contribution in [1.82, 2.24) is 0 Å². The molecule has 0 aliphatic rings. The van der Waals surface area contributed by atoms with Gasteiger partial charge in [-0.1, -0.05) is 112 Å². The largest absolute Gasteiger partial charge is 2.00 e.